The zero-order valence-corrected chi connectivity index (χ0v) is 17.6. The van der Waals surface area contributed by atoms with Gasteiger partial charge in [-0.2, -0.15) is 0 Å². The second kappa shape index (κ2) is 9.71. The lowest BCUT2D eigenvalue weighted by molar-refractivity contribution is -0.120. The van der Waals surface area contributed by atoms with E-state index in [1.54, 1.807) is 0 Å². The number of carbonyl (C=O) groups excluding carboxylic acids is 1. The molecular formula is C22H24ClN3OS. The molecule has 1 heterocycles. The molecule has 4 nitrogen and oxygen atoms in total. The number of aromatic nitrogens is 1. The van der Waals surface area contributed by atoms with Gasteiger partial charge in [0, 0.05) is 29.2 Å². The third-order valence-corrected chi connectivity index (χ3v) is 5.70. The van der Waals surface area contributed by atoms with Crippen LogP contribution in [-0.4, -0.2) is 23.5 Å². The van der Waals surface area contributed by atoms with Crippen molar-refractivity contribution in [3.05, 3.63) is 70.7 Å². The fourth-order valence-electron chi connectivity index (χ4n) is 2.80. The number of rotatable bonds is 8. The Kier molecular flexibility index (Phi) is 7.06. The van der Waals surface area contributed by atoms with Gasteiger partial charge in [0.1, 0.15) is 5.01 Å². The van der Waals surface area contributed by atoms with Gasteiger partial charge in [0.25, 0.3) is 0 Å². The first-order valence-corrected chi connectivity index (χ1v) is 10.6. The first kappa shape index (κ1) is 20.4. The van der Waals surface area contributed by atoms with Crippen LogP contribution in [-0.2, 0) is 11.2 Å². The van der Waals surface area contributed by atoms with Gasteiger partial charge < -0.3 is 10.6 Å². The molecule has 0 saturated heterocycles. The number of anilines is 1. The molecule has 0 aliphatic carbocycles. The highest BCUT2D eigenvalue weighted by atomic mass is 35.5. The molecule has 1 unspecified atom stereocenters. The van der Waals surface area contributed by atoms with Crippen LogP contribution in [0.1, 0.15) is 19.5 Å². The molecular weight excluding hydrogens is 390 g/mol. The molecule has 28 heavy (non-hydrogen) atoms. The van der Waals surface area contributed by atoms with E-state index in [-0.39, 0.29) is 18.4 Å². The number of thiazole rings is 1. The van der Waals surface area contributed by atoms with Gasteiger partial charge in [-0.05, 0) is 24.1 Å². The van der Waals surface area contributed by atoms with Crippen LogP contribution < -0.4 is 10.6 Å². The van der Waals surface area contributed by atoms with Crippen molar-refractivity contribution in [2.75, 3.05) is 11.9 Å². The Morgan fingerprint density at radius 2 is 1.82 bits per heavy atom. The molecule has 1 aromatic heterocycles. The normalized spacial score (nSPS) is 12.0. The average molecular weight is 414 g/mol. The Hall–Kier alpha value is -2.37. The summed E-state index contributed by atoms with van der Waals surface area (Å²) in [6.07, 6.45) is 0.261. The Labute approximate surface area is 175 Å². The molecule has 3 rings (SSSR count). The summed E-state index contributed by atoms with van der Waals surface area (Å²) in [5.74, 6) is 0.350. The number of halogens is 1. The van der Waals surface area contributed by atoms with E-state index in [1.165, 1.54) is 11.3 Å². The number of para-hydroxylation sites is 1. The van der Waals surface area contributed by atoms with E-state index in [1.807, 2.05) is 60.0 Å². The maximum Gasteiger partial charge on any atom is 0.226 e. The first-order valence-electron chi connectivity index (χ1n) is 9.30. The van der Waals surface area contributed by atoms with Crippen molar-refractivity contribution >= 4 is 34.5 Å². The van der Waals surface area contributed by atoms with Crippen LogP contribution in [0.25, 0.3) is 10.6 Å². The van der Waals surface area contributed by atoms with Gasteiger partial charge in [-0.3, -0.25) is 4.79 Å². The van der Waals surface area contributed by atoms with Gasteiger partial charge in [-0.1, -0.05) is 61.8 Å². The minimum Gasteiger partial charge on any atom is -0.380 e. The number of amides is 1. The van der Waals surface area contributed by atoms with E-state index in [9.17, 15) is 4.79 Å². The van der Waals surface area contributed by atoms with Crippen LogP contribution in [0.4, 0.5) is 5.69 Å². The Balaban J connectivity index is 1.56. The summed E-state index contributed by atoms with van der Waals surface area (Å²) in [6.45, 7) is 4.85. The zero-order valence-electron chi connectivity index (χ0n) is 16.0. The molecule has 0 radical (unpaired) electrons. The standard InChI is InChI=1S/C22H24ClN3OS/c1-15(2)20(25-16-8-4-3-5-9-16)13-24-21(27)12-17-14-28-22(26-17)18-10-6-7-11-19(18)23/h3-11,14-15,20,25H,12-13H2,1-2H3,(H,24,27). The number of nitrogens with one attached hydrogen (secondary N) is 2. The summed E-state index contributed by atoms with van der Waals surface area (Å²) in [6, 6.07) is 17.8. The molecule has 0 aliphatic heterocycles. The highest BCUT2D eigenvalue weighted by Gasteiger charge is 2.16. The third-order valence-electron chi connectivity index (χ3n) is 4.45. The van der Waals surface area contributed by atoms with Crippen LogP contribution in [0, 0.1) is 5.92 Å². The van der Waals surface area contributed by atoms with Crippen molar-refractivity contribution in [2.24, 2.45) is 5.92 Å². The van der Waals surface area contributed by atoms with Crippen LogP contribution >= 0.6 is 22.9 Å². The highest BCUT2D eigenvalue weighted by Crippen LogP contribution is 2.30. The molecule has 1 atom stereocenters. The van der Waals surface area contributed by atoms with Crippen molar-refractivity contribution in [3.63, 3.8) is 0 Å². The lowest BCUT2D eigenvalue weighted by atomic mass is 10.0. The van der Waals surface area contributed by atoms with Crippen LogP contribution in [0.15, 0.2) is 60.0 Å². The third kappa shape index (κ3) is 5.57. The van der Waals surface area contributed by atoms with Crippen molar-refractivity contribution < 1.29 is 4.79 Å². The highest BCUT2D eigenvalue weighted by molar-refractivity contribution is 7.13. The monoisotopic (exact) mass is 413 g/mol. The van der Waals surface area contributed by atoms with E-state index in [2.05, 4.69) is 29.5 Å². The summed E-state index contributed by atoms with van der Waals surface area (Å²) >= 11 is 7.74. The number of benzene rings is 2. The minimum absolute atomic E-state index is 0.0310. The fraction of sp³-hybridized carbons (Fsp3) is 0.273. The summed E-state index contributed by atoms with van der Waals surface area (Å²) in [5.41, 5.74) is 2.71. The lowest BCUT2D eigenvalue weighted by Crippen LogP contribution is -2.40. The Morgan fingerprint density at radius 3 is 2.54 bits per heavy atom. The second-order valence-electron chi connectivity index (χ2n) is 6.97. The minimum atomic E-state index is -0.0310. The zero-order chi connectivity index (χ0) is 19.9. The van der Waals surface area contributed by atoms with E-state index >= 15 is 0 Å². The molecule has 0 saturated carbocycles. The van der Waals surface area contributed by atoms with Gasteiger partial charge in [0.05, 0.1) is 17.1 Å². The van der Waals surface area contributed by atoms with Gasteiger partial charge >= 0.3 is 0 Å². The van der Waals surface area contributed by atoms with Gasteiger partial charge in [0.15, 0.2) is 0 Å². The number of hydrogen-bond donors (Lipinski definition) is 2. The van der Waals surface area contributed by atoms with E-state index in [0.717, 1.165) is 22.0 Å². The van der Waals surface area contributed by atoms with Crippen LogP contribution in [0.2, 0.25) is 5.02 Å². The SMILES string of the molecule is CC(C)C(CNC(=O)Cc1csc(-c2ccccc2Cl)n1)Nc1ccccc1. The van der Waals surface area contributed by atoms with Gasteiger partial charge in [-0.15, -0.1) is 11.3 Å². The lowest BCUT2D eigenvalue weighted by Gasteiger charge is -2.24. The van der Waals surface area contributed by atoms with Gasteiger partial charge in [0.2, 0.25) is 5.91 Å². The first-order chi connectivity index (χ1) is 13.5. The van der Waals surface area contributed by atoms with Crippen molar-refractivity contribution in [1.82, 2.24) is 10.3 Å². The number of nitrogens with zero attached hydrogens (tertiary/aromatic N) is 1. The molecule has 0 bridgehead atoms. The summed E-state index contributed by atoms with van der Waals surface area (Å²) < 4.78 is 0. The molecule has 6 heteroatoms. The topological polar surface area (TPSA) is 54.0 Å². The maximum absolute atomic E-state index is 12.4. The predicted molar refractivity (Wildman–Crippen MR) is 118 cm³/mol. The van der Waals surface area contributed by atoms with Crippen LogP contribution in [0.5, 0.6) is 0 Å². The predicted octanol–water partition coefficient (Wildman–Crippen LogP) is 5.26. The van der Waals surface area contributed by atoms with E-state index < -0.39 is 0 Å². The van der Waals surface area contributed by atoms with Crippen molar-refractivity contribution in [2.45, 2.75) is 26.3 Å². The molecule has 1 amide bonds. The smallest absolute Gasteiger partial charge is 0.226 e. The summed E-state index contributed by atoms with van der Waals surface area (Å²) in [5, 5.41) is 9.93. The largest absolute Gasteiger partial charge is 0.380 e. The molecule has 0 spiro atoms. The number of carbonyl (C=O) groups is 1. The van der Waals surface area contributed by atoms with Crippen molar-refractivity contribution in [1.29, 1.82) is 0 Å². The molecule has 0 aliphatic rings. The second-order valence-corrected chi connectivity index (χ2v) is 8.23. The Morgan fingerprint density at radius 1 is 1.11 bits per heavy atom. The summed E-state index contributed by atoms with van der Waals surface area (Å²) in [7, 11) is 0. The van der Waals surface area contributed by atoms with E-state index in [4.69, 9.17) is 11.6 Å². The Bertz CT molecular complexity index is 911. The number of hydrogen-bond acceptors (Lipinski definition) is 4. The molecule has 2 N–H and O–H groups in total. The quantitative estimate of drug-likeness (QED) is 0.529. The van der Waals surface area contributed by atoms with Gasteiger partial charge in [-0.25, -0.2) is 4.98 Å². The fourth-order valence-corrected chi connectivity index (χ4v) is 3.94. The molecule has 146 valence electrons. The molecule has 2 aromatic carbocycles. The van der Waals surface area contributed by atoms with Crippen molar-refractivity contribution in [3.8, 4) is 10.6 Å². The maximum atomic E-state index is 12.4. The molecule has 0 fully saturated rings. The summed E-state index contributed by atoms with van der Waals surface area (Å²) in [4.78, 5) is 17.0. The molecule has 3 aromatic rings. The van der Waals surface area contributed by atoms with Crippen LogP contribution in [0.3, 0.4) is 0 Å². The average Bonchev–Trinajstić information content (AvgIpc) is 3.14. The van der Waals surface area contributed by atoms with E-state index in [0.29, 0.717) is 17.5 Å².